The van der Waals surface area contributed by atoms with Gasteiger partial charge in [0.15, 0.2) is 11.5 Å². The minimum atomic E-state index is -0.574. The van der Waals surface area contributed by atoms with E-state index in [9.17, 15) is 5.11 Å². The molecule has 4 heteroatoms. The average Bonchev–Trinajstić information content (AvgIpc) is 2.76. The predicted octanol–water partition coefficient (Wildman–Crippen LogP) is 2.49. The SMILES string of the molecule is Nc1ccc(Oc2cccc3c2OCC3O)cc1. The zero-order valence-corrected chi connectivity index (χ0v) is 9.67. The topological polar surface area (TPSA) is 64.7 Å². The number of ether oxygens (including phenoxy) is 2. The van der Waals surface area contributed by atoms with E-state index in [1.165, 1.54) is 0 Å². The summed E-state index contributed by atoms with van der Waals surface area (Å²) in [5.74, 6) is 1.90. The van der Waals surface area contributed by atoms with Crippen LogP contribution in [0.15, 0.2) is 42.5 Å². The lowest BCUT2D eigenvalue weighted by molar-refractivity contribution is 0.140. The van der Waals surface area contributed by atoms with Crippen LogP contribution in [0.4, 0.5) is 5.69 Å². The largest absolute Gasteiger partial charge is 0.486 e. The molecule has 0 radical (unpaired) electrons. The van der Waals surface area contributed by atoms with Crippen molar-refractivity contribution < 1.29 is 14.6 Å². The summed E-state index contributed by atoms with van der Waals surface area (Å²) in [5.41, 5.74) is 7.07. The van der Waals surface area contributed by atoms with Gasteiger partial charge >= 0.3 is 0 Å². The first-order valence-corrected chi connectivity index (χ1v) is 5.71. The van der Waals surface area contributed by atoms with Crippen LogP contribution in [0.2, 0.25) is 0 Å². The number of aliphatic hydroxyl groups is 1. The number of hydrogen-bond donors (Lipinski definition) is 2. The van der Waals surface area contributed by atoms with Crippen LogP contribution < -0.4 is 15.2 Å². The molecule has 2 aromatic rings. The molecule has 0 aromatic heterocycles. The maximum atomic E-state index is 9.71. The quantitative estimate of drug-likeness (QED) is 0.795. The molecular formula is C14H13NO3. The van der Waals surface area contributed by atoms with Gasteiger partial charge in [-0.15, -0.1) is 0 Å². The fourth-order valence-electron chi connectivity index (χ4n) is 1.94. The molecule has 0 saturated carbocycles. The summed E-state index contributed by atoms with van der Waals surface area (Å²) >= 11 is 0. The third kappa shape index (κ3) is 1.87. The Morgan fingerprint density at radius 2 is 1.94 bits per heavy atom. The van der Waals surface area contributed by atoms with Gasteiger partial charge in [-0.05, 0) is 30.3 Å². The Kier molecular flexibility index (Phi) is 2.57. The predicted molar refractivity (Wildman–Crippen MR) is 67.8 cm³/mol. The molecule has 3 N–H and O–H groups in total. The highest BCUT2D eigenvalue weighted by Gasteiger charge is 2.25. The number of para-hydroxylation sites is 1. The third-order valence-electron chi connectivity index (χ3n) is 2.86. The molecule has 0 fully saturated rings. The summed E-state index contributed by atoms with van der Waals surface area (Å²) in [6.07, 6.45) is -0.574. The first-order valence-electron chi connectivity index (χ1n) is 5.71. The average molecular weight is 243 g/mol. The molecule has 3 rings (SSSR count). The van der Waals surface area contributed by atoms with Gasteiger partial charge in [-0.3, -0.25) is 0 Å². The zero-order valence-electron chi connectivity index (χ0n) is 9.67. The van der Waals surface area contributed by atoms with Crippen molar-refractivity contribution in [1.29, 1.82) is 0 Å². The first kappa shape index (κ1) is 10.9. The Morgan fingerprint density at radius 3 is 2.72 bits per heavy atom. The zero-order chi connectivity index (χ0) is 12.5. The lowest BCUT2D eigenvalue weighted by Crippen LogP contribution is -1.97. The number of nitrogen functional groups attached to an aromatic ring is 1. The normalized spacial score (nSPS) is 17.1. The fraction of sp³-hybridized carbons (Fsp3) is 0.143. The summed E-state index contributed by atoms with van der Waals surface area (Å²) in [6, 6.07) is 12.6. The Morgan fingerprint density at radius 1 is 1.17 bits per heavy atom. The highest BCUT2D eigenvalue weighted by atomic mass is 16.5. The van der Waals surface area contributed by atoms with Crippen LogP contribution in [0, 0.1) is 0 Å². The van der Waals surface area contributed by atoms with E-state index in [0.717, 1.165) is 5.56 Å². The van der Waals surface area contributed by atoms with Gasteiger partial charge in [0, 0.05) is 11.3 Å². The highest BCUT2D eigenvalue weighted by molar-refractivity contribution is 5.52. The van der Waals surface area contributed by atoms with Gasteiger partial charge < -0.3 is 20.3 Å². The van der Waals surface area contributed by atoms with Crippen LogP contribution in [0.3, 0.4) is 0 Å². The van der Waals surface area contributed by atoms with Gasteiger partial charge in [-0.2, -0.15) is 0 Å². The molecule has 0 amide bonds. The molecule has 1 aliphatic heterocycles. The smallest absolute Gasteiger partial charge is 0.169 e. The molecule has 0 spiro atoms. The van der Waals surface area contributed by atoms with Gasteiger partial charge in [0.05, 0.1) is 0 Å². The van der Waals surface area contributed by atoms with E-state index in [0.29, 0.717) is 22.9 Å². The summed E-state index contributed by atoms with van der Waals surface area (Å²) < 4.78 is 11.2. The van der Waals surface area contributed by atoms with Crippen LogP contribution in [-0.4, -0.2) is 11.7 Å². The maximum Gasteiger partial charge on any atom is 0.169 e. The monoisotopic (exact) mass is 243 g/mol. The number of nitrogens with two attached hydrogens (primary N) is 1. The summed E-state index contributed by atoms with van der Waals surface area (Å²) in [5, 5.41) is 9.71. The highest BCUT2D eigenvalue weighted by Crippen LogP contribution is 2.41. The molecular weight excluding hydrogens is 230 g/mol. The summed E-state index contributed by atoms with van der Waals surface area (Å²) in [7, 11) is 0. The van der Waals surface area contributed by atoms with Crippen molar-refractivity contribution in [3.05, 3.63) is 48.0 Å². The van der Waals surface area contributed by atoms with Gasteiger partial charge in [0.25, 0.3) is 0 Å². The lowest BCUT2D eigenvalue weighted by atomic mass is 10.1. The Balaban J connectivity index is 1.92. The molecule has 0 saturated heterocycles. The molecule has 1 heterocycles. The second kappa shape index (κ2) is 4.23. The van der Waals surface area contributed by atoms with Crippen molar-refractivity contribution in [2.24, 2.45) is 0 Å². The fourth-order valence-corrected chi connectivity index (χ4v) is 1.94. The van der Waals surface area contributed by atoms with Gasteiger partial charge in [-0.1, -0.05) is 12.1 Å². The molecule has 1 aliphatic rings. The molecule has 0 bridgehead atoms. The Bertz CT molecular complexity index is 566. The number of aliphatic hydroxyl groups excluding tert-OH is 1. The second-order valence-corrected chi connectivity index (χ2v) is 4.17. The van der Waals surface area contributed by atoms with Crippen LogP contribution in [0.25, 0.3) is 0 Å². The van der Waals surface area contributed by atoms with Crippen molar-refractivity contribution in [3.8, 4) is 17.2 Å². The Hall–Kier alpha value is -2.20. The Labute approximate surface area is 105 Å². The van der Waals surface area contributed by atoms with Crippen molar-refractivity contribution in [1.82, 2.24) is 0 Å². The minimum Gasteiger partial charge on any atom is -0.486 e. The van der Waals surface area contributed by atoms with E-state index in [4.69, 9.17) is 15.2 Å². The molecule has 2 aromatic carbocycles. The third-order valence-corrected chi connectivity index (χ3v) is 2.86. The number of rotatable bonds is 2. The van der Waals surface area contributed by atoms with E-state index >= 15 is 0 Å². The van der Waals surface area contributed by atoms with Crippen molar-refractivity contribution in [2.75, 3.05) is 12.3 Å². The second-order valence-electron chi connectivity index (χ2n) is 4.17. The molecule has 4 nitrogen and oxygen atoms in total. The van der Waals surface area contributed by atoms with Crippen molar-refractivity contribution in [2.45, 2.75) is 6.10 Å². The maximum absolute atomic E-state index is 9.71. The van der Waals surface area contributed by atoms with Crippen molar-refractivity contribution in [3.63, 3.8) is 0 Å². The molecule has 1 unspecified atom stereocenters. The molecule has 92 valence electrons. The van der Waals surface area contributed by atoms with E-state index in [-0.39, 0.29) is 6.61 Å². The number of fused-ring (bicyclic) bond motifs is 1. The van der Waals surface area contributed by atoms with Crippen LogP contribution in [0.1, 0.15) is 11.7 Å². The van der Waals surface area contributed by atoms with Crippen LogP contribution in [0.5, 0.6) is 17.2 Å². The molecule has 18 heavy (non-hydrogen) atoms. The van der Waals surface area contributed by atoms with E-state index in [1.807, 2.05) is 18.2 Å². The molecule has 1 atom stereocenters. The molecule has 0 aliphatic carbocycles. The summed E-state index contributed by atoms with van der Waals surface area (Å²) in [4.78, 5) is 0. The summed E-state index contributed by atoms with van der Waals surface area (Å²) in [6.45, 7) is 0.275. The lowest BCUT2D eigenvalue weighted by Gasteiger charge is -2.09. The number of hydrogen-bond acceptors (Lipinski definition) is 4. The van der Waals surface area contributed by atoms with E-state index in [2.05, 4.69) is 0 Å². The van der Waals surface area contributed by atoms with Gasteiger partial charge in [0.2, 0.25) is 0 Å². The van der Waals surface area contributed by atoms with Gasteiger partial charge in [0.1, 0.15) is 18.5 Å². The number of benzene rings is 2. The van der Waals surface area contributed by atoms with Crippen LogP contribution in [-0.2, 0) is 0 Å². The number of anilines is 1. The van der Waals surface area contributed by atoms with E-state index in [1.54, 1.807) is 24.3 Å². The first-order chi connectivity index (χ1) is 8.74. The van der Waals surface area contributed by atoms with Crippen LogP contribution >= 0.6 is 0 Å². The standard InChI is InChI=1S/C14H13NO3/c15-9-4-6-10(7-5-9)18-13-3-1-2-11-12(16)8-17-14(11)13/h1-7,12,16H,8,15H2. The van der Waals surface area contributed by atoms with Gasteiger partial charge in [-0.25, -0.2) is 0 Å². The minimum absolute atomic E-state index is 0.275. The van der Waals surface area contributed by atoms with E-state index < -0.39 is 6.10 Å². The van der Waals surface area contributed by atoms with Crippen molar-refractivity contribution >= 4 is 5.69 Å².